The largest absolute Gasteiger partial charge is 0.497 e. The van der Waals surface area contributed by atoms with Gasteiger partial charge in [0.25, 0.3) is 0 Å². The molecule has 0 bridgehead atoms. The van der Waals surface area contributed by atoms with Crippen molar-refractivity contribution in [1.82, 2.24) is 10.2 Å². The summed E-state index contributed by atoms with van der Waals surface area (Å²) in [6.45, 7) is 2.01. The maximum atomic E-state index is 11.9. The fraction of sp³-hybridized carbons (Fsp3) is 0.462. The van der Waals surface area contributed by atoms with Gasteiger partial charge in [-0.05, 0) is 24.1 Å². The predicted molar refractivity (Wildman–Crippen MR) is 65.7 cm³/mol. The molecule has 1 aromatic rings. The molecular formula is C13H18N2O2. The molecule has 17 heavy (non-hydrogen) atoms. The fourth-order valence-corrected chi connectivity index (χ4v) is 2.17. The van der Waals surface area contributed by atoms with E-state index in [9.17, 15) is 4.79 Å². The number of hydrogen-bond acceptors (Lipinski definition) is 3. The van der Waals surface area contributed by atoms with Crippen molar-refractivity contribution in [2.45, 2.75) is 25.6 Å². The Morgan fingerprint density at radius 1 is 1.47 bits per heavy atom. The number of hydrogen-bond donors (Lipinski definition) is 1. The molecule has 2 rings (SSSR count). The van der Waals surface area contributed by atoms with Crippen molar-refractivity contribution >= 4 is 5.91 Å². The Labute approximate surface area is 102 Å². The van der Waals surface area contributed by atoms with Crippen LogP contribution in [0, 0.1) is 0 Å². The lowest BCUT2D eigenvalue weighted by molar-refractivity contribution is -0.128. The van der Waals surface area contributed by atoms with E-state index in [-0.39, 0.29) is 18.1 Å². The SMILES string of the molecule is CCC1NC(c2cccc(OC)c2)N(C)C1=O. The van der Waals surface area contributed by atoms with Crippen LogP contribution in [-0.2, 0) is 4.79 Å². The molecule has 1 heterocycles. The number of nitrogens with one attached hydrogen (secondary N) is 1. The molecule has 0 spiro atoms. The number of nitrogens with zero attached hydrogens (tertiary/aromatic N) is 1. The summed E-state index contributed by atoms with van der Waals surface area (Å²) in [5.74, 6) is 0.963. The molecule has 4 heteroatoms. The number of methoxy groups -OCH3 is 1. The van der Waals surface area contributed by atoms with Crippen molar-refractivity contribution < 1.29 is 9.53 Å². The van der Waals surface area contributed by atoms with Crippen molar-refractivity contribution in [2.75, 3.05) is 14.2 Å². The molecule has 92 valence electrons. The lowest BCUT2D eigenvalue weighted by atomic mass is 10.1. The van der Waals surface area contributed by atoms with Crippen LogP contribution in [0.5, 0.6) is 5.75 Å². The minimum Gasteiger partial charge on any atom is -0.497 e. The van der Waals surface area contributed by atoms with Crippen LogP contribution in [0.2, 0.25) is 0 Å². The van der Waals surface area contributed by atoms with Crippen molar-refractivity contribution in [3.8, 4) is 5.75 Å². The van der Waals surface area contributed by atoms with Crippen LogP contribution in [0.3, 0.4) is 0 Å². The highest BCUT2D eigenvalue weighted by Gasteiger charge is 2.35. The maximum absolute atomic E-state index is 11.9. The van der Waals surface area contributed by atoms with Crippen LogP contribution >= 0.6 is 0 Å². The third-order valence-electron chi connectivity index (χ3n) is 3.21. The fourth-order valence-electron chi connectivity index (χ4n) is 2.17. The second kappa shape index (κ2) is 4.75. The monoisotopic (exact) mass is 234 g/mol. The predicted octanol–water partition coefficient (Wildman–Crippen LogP) is 1.53. The van der Waals surface area contributed by atoms with Gasteiger partial charge in [0.2, 0.25) is 5.91 Å². The third kappa shape index (κ3) is 2.13. The van der Waals surface area contributed by atoms with E-state index < -0.39 is 0 Å². The average molecular weight is 234 g/mol. The summed E-state index contributed by atoms with van der Waals surface area (Å²) in [6, 6.07) is 7.73. The average Bonchev–Trinajstić information content (AvgIpc) is 2.66. The van der Waals surface area contributed by atoms with Gasteiger partial charge < -0.3 is 9.64 Å². The molecule has 0 saturated carbocycles. The van der Waals surface area contributed by atoms with Crippen molar-refractivity contribution in [3.05, 3.63) is 29.8 Å². The molecule has 0 radical (unpaired) electrons. The van der Waals surface area contributed by atoms with Crippen LogP contribution in [0.15, 0.2) is 24.3 Å². The van der Waals surface area contributed by atoms with Gasteiger partial charge in [0, 0.05) is 7.05 Å². The van der Waals surface area contributed by atoms with Crippen LogP contribution in [0.4, 0.5) is 0 Å². The van der Waals surface area contributed by atoms with Crippen molar-refractivity contribution in [2.24, 2.45) is 0 Å². The highest BCUT2D eigenvalue weighted by atomic mass is 16.5. The van der Waals surface area contributed by atoms with Gasteiger partial charge in [0.1, 0.15) is 11.9 Å². The van der Waals surface area contributed by atoms with Crippen LogP contribution < -0.4 is 10.1 Å². The second-order valence-corrected chi connectivity index (χ2v) is 4.26. The summed E-state index contributed by atoms with van der Waals surface area (Å²) >= 11 is 0. The molecule has 1 aliphatic rings. The second-order valence-electron chi connectivity index (χ2n) is 4.26. The first kappa shape index (κ1) is 11.9. The van der Waals surface area contributed by atoms with E-state index in [1.165, 1.54) is 0 Å². The molecule has 0 aromatic heterocycles. The van der Waals surface area contributed by atoms with Gasteiger partial charge in [-0.25, -0.2) is 0 Å². The number of rotatable bonds is 3. The third-order valence-corrected chi connectivity index (χ3v) is 3.21. The molecule has 2 atom stereocenters. The molecule has 1 saturated heterocycles. The Hall–Kier alpha value is -1.55. The molecule has 1 fully saturated rings. The van der Waals surface area contributed by atoms with Crippen molar-refractivity contribution in [3.63, 3.8) is 0 Å². The topological polar surface area (TPSA) is 41.6 Å². The van der Waals surface area contributed by atoms with E-state index in [1.807, 2.05) is 38.2 Å². The van der Waals surface area contributed by atoms with Crippen molar-refractivity contribution in [1.29, 1.82) is 0 Å². The van der Waals surface area contributed by atoms with E-state index in [0.29, 0.717) is 0 Å². The highest BCUT2D eigenvalue weighted by Crippen LogP contribution is 2.26. The first-order chi connectivity index (χ1) is 8.17. The Bertz CT molecular complexity index is 420. The van der Waals surface area contributed by atoms with Gasteiger partial charge in [-0.2, -0.15) is 0 Å². The molecule has 4 nitrogen and oxygen atoms in total. The summed E-state index contributed by atoms with van der Waals surface area (Å²) in [5, 5.41) is 3.33. The summed E-state index contributed by atoms with van der Waals surface area (Å²) in [4.78, 5) is 13.7. The lowest BCUT2D eigenvalue weighted by Gasteiger charge is -2.20. The summed E-state index contributed by atoms with van der Waals surface area (Å²) in [7, 11) is 3.47. The minimum absolute atomic E-state index is 0.0532. The standard InChI is InChI=1S/C13H18N2O2/c1-4-11-13(16)15(2)12(14-11)9-6-5-7-10(8-9)17-3/h5-8,11-12,14H,4H2,1-3H3. The Balaban J connectivity index is 2.25. The van der Waals surface area contributed by atoms with E-state index in [2.05, 4.69) is 5.32 Å². The minimum atomic E-state index is -0.0730. The lowest BCUT2D eigenvalue weighted by Crippen LogP contribution is -2.27. The van der Waals surface area contributed by atoms with Gasteiger partial charge in [-0.3, -0.25) is 10.1 Å². The molecule has 1 amide bonds. The molecule has 1 aromatic carbocycles. The van der Waals surface area contributed by atoms with Crippen LogP contribution in [-0.4, -0.2) is 31.0 Å². The quantitative estimate of drug-likeness (QED) is 0.862. The number of amides is 1. The zero-order valence-electron chi connectivity index (χ0n) is 10.4. The summed E-state index contributed by atoms with van der Waals surface area (Å²) in [5.41, 5.74) is 1.05. The van der Waals surface area contributed by atoms with Gasteiger partial charge >= 0.3 is 0 Å². The molecule has 1 N–H and O–H groups in total. The number of carbonyl (C=O) groups excluding carboxylic acids is 1. The molecule has 1 aliphatic heterocycles. The highest BCUT2D eigenvalue weighted by molar-refractivity contribution is 5.84. The number of likely N-dealkylation sites (N-methyl/N-ethyl adjacent to an activating group) is 1. The normalized spacial score (nSPS) is 24.2. The van der Waals surface area contributed by atoms with Gasteiger partial charge in [-0.1, -0.05) is 19.1 Å². The van der Waals surface area contributed by atoms with E-state index in [4.69, 9.17) is 4.74 Å². The van der Waals surface area contributed by atoms with Gasteiger partial charge in [0.15, 0.2) is 0 Å². The number of carbonyl (C=O) groups is 1. The van der Waals surface area contributed by atoms with Crippen LogP contribution in [0.1, 0.15) is 25.1 Å². The smallest absolute Gasteiger partial charge is 0.241 e. The molecule has 2 unspecified atom stereocenters. The molecular weight excluding hydrogens is 216 g/mol. The number of benzene rings is 1. The number of ether oxygens (including phenoxy) is 1. The van der Waals surface area contributed by atoms with Crippen LogP contribution in [0.25, 0.3) is 0 Å². The van der Waals surface area contributed by atoms with E-state index >= 15 is 0 Å². The first-order valence-corrected chi connectivity index (χ1v) is 5.84. The maximum Gasteiger partial charge on any atom is 0.241 e. The Morgan fingerprint density at radius 2 is 2.24 bits per heavy atom. The first-order valence-electron chi connectivity index (χ1n) is 5.84. The zero-order valence-corrected chi connectivity index (χ0v) is 10.4. The summed E-state index contributed by atoms with van der Waals surface area (Å²) in [6.07, 6.45) is 0.756. The van der Waals surface area contributed by atoms with Gasteiger partial charge in [-0.15, -0.1) is 0 Å². The Morgan fingerprint density at radius 3 is 2.82 bits per heavy atom. The summed E-state index contributed by atoms with van der Waals surface area (Å²) < 4.78 is 5.20. The van der Waals surface area contributed by atoms with E-state index in [1.54, 1.807) is 12.0 Å². The Kier molecular flexibility index (Phi) is 3.33. The van der Waals surface area contributed by atoms with Gasteiger partial charge in [0.05, 0.1) is 13.2 Å². The molecule has 0 aliphatic carbocycles. The van der Waals surface area contributed by atoms with E-state index in [0.717, 1.165) is 17.7 Å². The zero-order chi connectivity index (χ0) is 12.4.